The molecule has 0 unspecified atom stereocenters. The van der Waals surface area contributed by atoms with Gasteiger partial charge in [-0.2, -0.15) is 5.10 Å². The minimum absolute atomic E-state index is 0.0756. The number of hydrogen-bond donors (Lipinski definition) is 1. The Morgan fingerprint density at radius 1 is 1.08 bits per heavy atom. The molecule has 2 aromatic rings. The number of carbonyl (C=O) groups is 1. The van der Waals surface area contributed by atoms with Gasteiger partial charge < -0.3 is 9.47 Å². The fraction of sp³-hybridized carbons (Fsp3) is 0.263. The molecule has 5 heteroatoms. The Balaban J connectivity index is 1.77. The van der Waals surface area contributed by atoms with Crippen LogP contribution in [0.25, 0.3) is 0 Å². The first-order valence-corrected chi connectivity index (χ1v) is 7.97. The van der Waals surface area contributed by atoms with Crippen LogP contribution in [-0.4, -0.2) is 25.3 Å². The molecule has 1 N–H and O–H groups in total. The van der Waals surface area contributed by atoms with Gasteiger partial charge in [-0.1, -0.05) is 19.1 Å². The number of carbonyl (C=O) groups excluding carboxylic acids is 1. The van der Waals surface area contributed by atoms with Crippen LogP contribution >= 0.6 is 0 Å². The first kappa shape index (κ1) is 17.5. The van der Waals surface area contributed by atoms with E-state index in [1.807, 2.05) is 55.5 Å². The monoisotopic (exact) mass is 326 g/mol. The summed E-state index contributed by atoms with van der Waals surface area (Å²) in [4.78, 5) is 11.7. The van der Waals surface area contributed by atoms with Crippen LogP contribution in [0.15, 0.2) is 53.6 Å². The molecule has 5 nitrogen and oxygen atoms in total. The Morgan fingerprint density at radius 2 is 1.88 bits per heavy atom. The summed E-state index contributed by atoms with van der Waals surface area (Å²) in [6.45, 7) is 4.56. The van der Waals surface area contributed by atoms with Gasteiger partial charge in [-0.05, 0) is 60.9 Å². The largest absolute Gasteiger partial charge is 0.494 e. The molecule has 0 aliphatic rings. The molecule has 0 saturated carbocycles. The number of ether oxygens (including phenoxy) is 2. The van der Waals surface area contributed by atoms with Gasteiger partial charge in [0.2, 0.25) is 0 Å². The van der Waals surface area contributed by atoms with Crippen molar-refractivity contribution >= 4 is 12.1 Å². The zero-order chi connectivity index (χ0) is 17.2. The number of hydrazone groups is 1. The average Bonchev–Trinajstić information content (AvgIpc) is 2.62. The van der Waals surface area contributed by atoms with Crippen LogP contribution in [0.2, 0.25) is 0 Å². The summed E-state index contributed by atoms with van der Waals surface area (Å²) < 4.78 is 10.8. The average molecular weight is 326 g/mol. The van der Waals surface area contributed by atoms with E-state index in [4.69, 9.17) is 9.47 Å². The molecule has 0 aliphatic carbocycles. The molecule has 0 aromatic heterocycles. The number of rotatable bonds is 8. The summed E-state index contributed by atoms with van der Waals surface area (Å²) in [5, 5.41) is 3.92. The van der Waals surface area contributed by atoms with Gasteiger partial charge in [0.05, 0.1) is 12.8 Å². The highest BCUT2D eigenvalue weighted by molar-refractivity contribution is 5.83. The standard InChI is InChI=1S/C19H22N2O3/c1-3-15-6-5-7-18(12-15)24-14-19(22)21-20-13-16-8-10-17(11-9-16)23-4-2/h5-13H,3-4,14H2,1-2H3,(H,21,22)/b20-13+. The second kappa shape index (κ2) is 9.35. The van der Waals surface area contributed by atoms with Crippen molar-refractivity contribution in [3.8, 4) is 11.5 Å². The van der Waals surface area contributed by atoms with Gasteiger partial charge in [0, 0.05) is 0 Å². The van der Waals surface area contributed by atoms with Crippen molar-refractivity contribution in [2.24, 2.45) is 5.10 Å². The lowest BCUT2D eigenvalue weighted by atomic mass is 10.2. The second-order valence-electron chi connectivity index (χ2n) is 5.08. The third kappa shape index (κ3) is 5.76. The maximum atomic E-state index is 11.7. The van der Waals surface area contributed by atoms with E-state index in [9.17, 15) is 4.79 Å². The van der Waals surface area contributed by atoms with E-state index in [-0.39, 0.29) is 12.5 Å². The Kier molecular flexibility index (Phi) is 6.83. The molecule has 2 aromatic carbocycles. The van der Waals surface area contributed by atoms with E-state index in [0.717, 1.165) is 17.7 Å². The van der Waals surface area contributed by atoms with Crippen LogP contribution < -0.4 is 14.9 Å². The highest BCUT2D eigenvalue weighted by Gasteiger charge is 2.02. The number of nitrogens with one attached hydrogen (secondary N) is 1. The lowest BCUT2D eigenvalue weighted by Gasteiger charge is -2.06. The summed E-state index contributed by atoms with van der Waals surface area (Å²) in [6, 6.07) is 15.1. The van der Waals surface area contributed by atoms with Crippen molar-refractivity contribution in [1.29, 1.82) is 0 Å². The van der Waals surface area contributed by atoms with Gasteiger partial charge in [0.25, 0.3) is 5.91 Å². The van der Waals surface area contributed by atoms with Gasteiger partial charge in [0.15, 0.2) is 6.61 Å². The summed E-state index contributed by atoms with van der Waals surface area (Å²) in [7, 11) is 0. The molecular weight excluding hydrogens is 304 g/mol. The molecule has 0 spiro atoms. The molecule has 24 heavy (non-hydrogen) atoms. The van der Waals surface area contributed by atoms with Crippen molar-refractivity contribution in [2.75, 3.05) is 13.2 Å². The molecule has 0 saturated heterocycles. The number of hydrogen-bond acceptors (Lipinski definition) is 4. The van der Waals surface area contributed by atoms with Crippen LogP contribution in [0, 0.1) is 0 Å². The van der Waals surface area contributed by atoms with E-state index in [1.54, 1.807) is 6.21 Å². The fourth-order valence-corrected chi connectivity index (χ4v) is 2.03. The molecule has 0 aliphatic heterocycles. The third-order valence-corrected chi connectivity index (χ3v) is 3.27. The van der Waals surface area contributed by atoms with Crippen molar-refractivity contribution in [1.82, 2.24) is 5.43 Å². The maximum Gasteiger partial charge on any atom is 0.277 e. The third-order valence-electron chi connectivity index (χ3n) is 3.27. The van der Waals surface area contributed by atoms with Crippen molar-refractivity contribution in [3.05, 3.63) is 59.7 Å². The number of aryl methyl sites for hydroxylation is 1. The molecule has 0 heterocycles. The van der Waals surface area contributed by atoms with Crippen molar-refractivity contribution < 1.29 is 14.3 Å². The highest BCUT2D eigenvalue weighted by Crippen LogP contribution is 2.13. The lowest BCUT2D eigenvalue weighted by molar-refractivity contribution is -0.123. The van der Waals surface area contributed by atoms with Crippen LogP contribution in [-0.2, 0) is 11.2 Å². The Bertz CT molecular complexity index is 681. The lowest BCUT2D eigenvalue weighted by Crippen LogP contribution is -2.24. The Morgan fingerprint density at radius 3 is 2.58 bits per heavy atom. The second-order valence-corrected chi connectivity index (χ2v) is 5.08. The van der Waals surface area contributed by atoms with Gasteiger partial charge >= 0.3 is 0 Å². The summed E-state index contributed by atoms with van der Waals surface area (Å²) >= 11 is 0. The van der Waals surface area contributed by atoms with Crippen LogP contribution in [0.5, 0.6) is 11.5 Å². The van der Waals surface area contributed by atoms with E-state index in [1.165, 1.54) is 5.56 Å². The minimum Gasteiger partial charge on any atom is -0.494 e. The molecule has 0 atom stereocenters. The van der Waals surface area contributed by atoms with Crippen LogP contribution in [0.1, 0.15) is 25.0 Å². The minimum atomic E-state index is -0.306. The number of nitrogens with zero attached hydrogens (tertiary/aromatic N) is 1. The summed E-state index contributed by atoms with van der Waals surface area (Å²) in [5.74, 6) is 1.18. The Labute approximate surface area is 142 Å². The van der Waals surface area contributed by atoms with E-state index in [2.05, 4.69) is 17.5 Å². The molecule has 0 bridgehead atoms. The van der Waals surface area contributed by atoms with Gasteiger partial charge in [-0.15, -0.1) is 0 Å². The SMILES string of the molecule is CCOc1ccc(/C=N/NC(=O)COc2cccc(CC)c2)cc1. The van der Waals surface area contributed by atoms with Crippen molar-refractivity contribution in [2.45, 2.75) is 20.3 Å². The molecule has 2 rings (SSSR count). The first-order chi connectivity index (χ1) is 11.7. The van der Waals surface area contributed by atoms with Crippen LogP contribution in [0.3, 0.4) is 0 Å². The normalized spacial score (nSPS) is 10.6. The number of benzene rings is 2. The van der Waals surface area contributed by atoms with Crippen molar-refractivity contribution in [3.63, 3.8) is 0 Å². The predicted molar refractivity (Wildman–Crippen MR) is 94.7 cm³/mol. The van der Waals surface area contributed by atoms with Gasteiger partial charge in [0.1, 0.15) is 11.5 Å². The van der Waals surface area contributed by atoms with E-state index >= 15 is 0 Å². The predicted octanol–water partition coefficient (Wildman–Crippen LogP) is 3.18. The highest BCUT2D eigenvalue weighted by atomic mass is 16.5. The van der Waals surface area contributed by atoms with Gasteiger partial charge in [-0.3, -0.25) is 4.79 Å². The topological polar surface area (TPSA) is 59.9 Å². The molecule has 126 valence electrons. The van der Waals surface area contributed by atoms with Crippen LogP contribution in [0.4, 0.5) is 0 Å². The quantitative estimate of drug-likeness (QED) is 0.599. The Hall–Kier alpha value is -2.82. The molecule has 0 fully saturated rings. The zero-order valence-electron chi connectivity index (χ0n) is 14.0. The number of amides is 1. The fourth-order valence-electron chi connectivity index (χ4n) is 2.03. The molecule has 1 amide bonds. The summed E-state index contributed by atoms with van der Waals surface area (Å²) in [5.41, 5.74) is 4.48. The van der Waals surface area contributed by atoms with E-state index in [0.29, 0.717) is 12.4 Å². The zero-order valence-corrected chi connectivity index (χ0v) is 14.0. The molecular formula is C19H22N2O3. The first-order valence-electron chi connectivity index (χ1n) is 7.97. The maximum absolute atomic E-state index is 11.7. The van der Waals surface area contributed by atoms with E-state index < -0.39 is 0 Å². The van der Waals surface area contributed by atoms with Gasteiger partial charge in [-0.25, -0.2) is 5.43 Å². The summed E-state index contributed by atoms with van der Waals surface area (Å²) in [6.07, 6.45) is 2.50. The smallest absolute Gasteiger partial charge is 0.277 e. The molecule has 0 radical (unpaired) electrons.